The molecule has 0 bridgehead atoms. The monoisotopic (exact) mass is 295 g/mol. The molecule has 4 nitrogen and oxygen atoms in total. The number of benzene rings is 1. The Morgan fingerprint density at radius 3 is 2.95 bits per heavy atom. The molecule has 2 heterocycles. The number of aromatic nitrogens is 2. The SMILES string of the molecule is CCCC[C@H]1C=CCN1C(=O)c1cn[nH]c1-c1ccccc1. The van der Waals surface area contributed by atoms with Crippen molar-refractivity contribution in [3.05, 3.63) is 54.2 Å². The summed E-state index contributed by atoms with van der Waals surface area (Å²) in [5.41, 5.74) is 2.43. The highest BCUT2D eigenvalue weighted by molar-refractivity contribution is 6.00. The molecule has 4 heteroatoms. The fourth-order valence-corrected chi connectivity index (χ4v) is 2.90. The van der Waals surface area contributed by atoms with E-state index in [1.54, 1.807) is 6.20 Å². The van der Waals surface area contributed by atoms with Crippen LogP contribution in [0.1, 0.15) is 36.5 Å². The Labute approximate surface area is 130 Å². The van der Waals surface area contributed by atoms with Crippen LogP contribution in [0.3, 0.4) is 0 Å². The molecular weight excluding hydrogens is 274 g/mol. The Morgan fingerprint density at radius 2 is 2.18 bits per heavy atom. The zero-order valence-corrected chi connectivity index (χ0v) is 12.8. The first-order valence-electron chi connectivity index (χ1n) is 7.87. The van der Waals surface area contributed by atoms with Crippen molar-refractivity contribution < 1.29 is 4.79 Å². The zero-order valence-electron chi connectivity index (χ0n) is 12.8. The highest BCUT2D eigenvalue weighted by Crippen LogP contribution is 2.25. The Morgan fingerprint density at radius 1 is 1.36 bits per heavy atom. The molecule has 0 saturated heterocycles. The maximum atomic E-state index is 12.9. The van der Waals surface area contributed by atoms with Crippen LogP contribution in [0.25, 0.3) is 11.3 Å². The standard InChI is InChI=1S/C18H21N3O/c1-2-3-10-15-11-7-12-21(15)18(22)16-13-19-20-17(16)14-8-5-4-6-9-14/h4-9,11,13,15H,2-3,10,12H2,1H3,(H,19,20)/t15-/m0/s1. The smallest absolute Gasteiger partial charge is 0.258 e. The van der Waals surface area contributed by atoms with Crippen LogP contribution in [0.15, 0.2) is 48.7 Å². The molecule has 1 aromatic heterocycles. The first-order chi connectivity index (χ1) is 10.8. The third-order valence-corrected chi connectivity index (χ3v) is 4.11. The lowest BCUT2D eigenvalue weighted by molar-refractivity contribution is 0.0744. The van der Waals surface area contributed by atoms with Crippen LogP contribution in [-0.4, -0.2) is 33.6 Å². The second kappa shape index (κ2) is 6.60. The number of amides is 1. The van der Waals surface area contributed by atoms with E-state index < -0.39 is 0 Å². The van der Waals surface area contributed by atoms with Gasteiger partial charge in [-0.15, -0.1) is 0 Å². The fourth-order valence-electron chi connectivity index (χ4n) is 2.90. The van der Waals surface area contributed by atoms with Crippen molar-refractivity contribution in [1.29, 1.82) is 0 Å². The second-order valence-corrected chi connectivity index (χ2v) is 5.62. The number of H-pyrrole nitrogens is 1. The van der Waals surface area contributed by atoms with E-state index in [4.69, 9.17) is 0 Å². The van der Waals surface area contributed by atoms with E-state index in [2.05, 4.69) is 29.3 Å². The van der Waals surface area contributed by atoms with Gasteiger partial charge in [0.25, 0.3) is 5.91 Å². The van der Waals surface area contributed by atoms with Gasteiger partial charge in [0.1, 0.15) is 0 Å². The quantitative estimate of drug-likeness (QED) is 0.856. The Balaban J connectivity index is 1.83. The molecule has 0 spiro atoms. The van der Waals surface area contributed by atoms with Gasteiger partial charge < -0.3 is 4.90 Å². The molecule has 22 heavy (non-hydrogen) atoms. The Bertz CT molecular complexity index is 660. The topological polar surface area (TPSA) is 49.0 Å². The molecule has 1 atom stereocenters. The molecule has 1 N–H and O–H groups in total. The Hall–Kier alpha value is -2.36. The van der Waals surface area contributed by atoms with Crippen molar-refractivity contribution in [3.8, 4) is 11.3 Å². The first-order valence-corrected chi connectivity index (χ1v) is 7.87. The predicted octanol–water partition coefficient (Wildman–Crippen LogP) is 3.65. The lowest BCUT2D eigenvalue weighted by Crippen LogP contribution is -2.36. The van der Waals surface area contributed by atoms with Gasteiger partial charge >= 0.3 is 0 Å². The van der Waals surface area contributed by atoms with E-state index in [0.29, 0.717) is 12.1 Å². The molecule has 2 aromatic rings. The van der Waals surface area contributed by atoms with Gasteiger partial charge in [-0.1, -0.05) is 62.2 Å². The summed E-state index contributed by atoms with van der Waals surface area (Å²) >= 11 is 0. The maximum absolute atomic E-state index is 12.9. The van der Waals surface area contributed by atoms with Gasteiger partial charge in [-0.25, -0.2) is 0 Å². The van der Waals surface area contributed by atoms with E-state index in [1.165, 1.54) is 0 Å². The summed E-state index contributed by atoms with van der Waals surface area (Å²) in [7, 11) is 0. The molecule has 0 fully saturated rings. The normalized spacial score (nSPS) is 17.1. The van der Waals surface area contributed by atoms with Crippen LogP contribution in [0, 0.1) is 0 Å². The number of carbonyl (C=O) groups excluding carboxylic acids is 1. The average molecular weight is 295 g/mol. The van der Waals surface area contributed by atoms with Crippen molar-refractivity contribution in [2.75, 3.05) is 6.54 Å². The average Bonchev–Trinajstić information content (AvgIpc) is 3.22. The Kier molecular flexibility index (Phi) is 4.37. The zero-order chi connectivity index (χ0) is 15.4. The lowest BCUT2D eigenvalue weighted by Gasteiger charge is -2.24. The van der Waals surface area contributed by atoms with Crippen molar-refractivity contribution in [2.24, 2.45) is 0 Å². The molecule has 0 radical (unpaired) electrons. The summed E-state index contributed by atoms with van der Waals surface area (Å²) in [6.07, 6.45) is 9.18. The molecule has 3 rings (SSSR count). The number of carbonyl (C=O) groups is 1. The number of nitrogens with zero attached hydrogens (tertiary/aromatic N) is 2. The predicted molar refractivity (Wildman–Crippen MR) is 87.5 cm³/mol. The molecule has 0 aliphatic carbocycles. The van der Waals surface area contributed by atoms with Crippen molar-refractivity contribution in [2.45, 2.75) is 32.2 Å². The highest BCUT2D eigenvalue weighted by atomic mass is 16.2. The number of hydrogen-bond acceptors (Lipinski definition) is 2. The number of unbranched alkanes of at least 4 members (excludes halogenated alkanes) is 1. The van der Waals surface area contributed by atoms with E-state index >= 15 is 0 Å². The first kappa shape index (κ1) is 14.6. The molecule has 1 amide bonds. The minimum absolute atomic E-state index is 0.0544. The van der Waals surface area contributed by atoms with E-state index in [0.717, 1.165) is 30.5 Å². The van der Waals surface area contributed by atoms with E-state index in [9.17, 15) is 4.79 Å². The van der Waals surface area contributed by atoms with Gasteiger partial charge in [-0.05, 0) is 6.42 Å². The summed E-state index contributed by atoms with van der Waals surface area (Å²) in [6.45, 7) is 2.86. The minimum Gasteiger partial charge on any atom is -0.328 e. The van der Waals surface area contributed by atoms with Gasteiger partial charge in [0, 0.05) is 12.1 Å². The van der Waals surface area contributed by atoms with E-state index in [1.807, 2.05) is 35.2 Å². The number of hydrogen-bond donors (Lipinski definition) is 1. The van der Waals surface area contributed by atoms with E-state index in [-0.39, 0.29) is 11.9 Å². The molecule has 1 aliphatic heterocycles. The minimum atomic E-state index is 0.0544. The number of aromatic amines is 1. The molecular formula is C18H21N3O. The molecule has 114 valence electrons. The largest absolute Gasteiger partial charge is 0.328 e. The van der Waals surface area contributed by atoms with Crippen molar-refractivity contribution in [3.63, 3.8) is 0 Å². The molecule has 0 unspecified atom stereocenters. The number of rotatable bonds is 5. The fraction of sp³-hybridized carbons (Fsp3) is 0.333. The summed E-state index contributed by atoms with van der Waals surface area (Å²) in [6, 6.07) is 10.1. The van der Waals surface area contributed by atoms with Gasteiger partial charge in [-0.2, -0.15) is 5.10 Å². The highest BCUT2D eigenvalue weighted by Gasteiger charge is 2.27. The molecule has 1 aromatic carbocycles. The van der Waals surface area contributed by atoms with Gasteiger partial charge in [0.05, 0.1) is 23.5 Å². The maximum Gasteiger partial charge on any atom is 0.258 e. The third kappa shape index (κ3) is 2.82. The third-order valence-electron chi connectivity index (χ3n) is 4.11. The molecule has 1 aliphatic rings. The van der Waals surface area contributed by atoms with Crippen LogP contribution in [0.5, 0.6) is 0 Å². The van der Waals surface area contributed by atoms with Crippen LogP contribution in [0.4, 0.5) is 0 Å². The van der Waals surface area contributed by atoms with Crippen LogP contribution in [-0.2, 0) is 0 Å². The van der Waals surface area contributed by atoms with Crippen molar-refractivity contribution in [1.82, 2.24) is 15.1 Å². The summed E-state index contributed by atoms with van der Waals surface area (Å²) in [4.78, 5) is 14.8. The van der Waals surface area contributed by atoms with Crippen LogP contribution < -0.4 is 0 Å². The van der Waals surface area contributed by atoms with Crippen LogP contribution in [0.2, 0.25) is 0 Å². The summed E-state index contributed by atoms with van der Waals surface area (Å²) < 4.78 is 0. The molecule has 0 saturated carbocycles. The number of nitrogens with one attached hydrogen (secondary N) is 1. The van der Waals surface area contributed by atoms with Gasteiger partial charge in [0.15, 0.2) is 0 Å². The lowest BCUT2D eigenvalue weighted by atomic mass is 10.1. The second-order valence-electron chi connectivity index (χ2n) is 5.62. The van der Waals surface area contributed by atoms with Gasteiger partial charge in [0.2, 0.25) is 0 Å². The van der Waals surface area contributed by atoms with Gasteiger partial charge in [-0.3, -0.25) is 9.89 Å². The van der Waals surface area contributed by atoms with Crippen LogP contribution >= 0.6 is 0 Å². The van der Waals surface area contributed by atoms with Crippen molar-refractivity contribution >= 4 is 5.91 Å². The summed E-state index contributed by atoms with van der Waals surface area (Å²) in [5.74, 6) is 0.0544. The summed E-state index contributed by atoms with van der Waals surface area (Å²) in [5, 5.41) is 7.05.